The highest BCUT2D eigenvalue weighted by Crippen LogP contribution is 2.25. The minimum absolute atomic E-state index is 0.603. The lowest BCUT2D eigenvalue weighted by atomic mass is 10.1. The summed E-state index contributed by atoms with van der Waals surface area (Å²) in [7, 11) is 0. The van der Waals surface area contributed by atoms with Crippen LogP contribution < -0.4 is 4.74 Å². The molecule has 0 spiro atoms. The summed E-state index contributed by atoms with van der Waals surface area (Å²) in [5.41, 5.74) is 4.95. The van der Waals surface area contributed by atoms with E-state index in [0.29, 0.717) is 6.61 Å². The van der Waals surface area contributed by atoms with Gasteiger partial charge in [-0.15, -0.1) is 0 Å². The highest BCUT2D eigenvalue weighted by molar-refractivity contribution is 9.10. The van der Waals surface area contributed by atoms with Crippen LogP contribution in [0.4, 0.5) is 0 Å². The van der Waals surface area contributed by atoms with Crippen LogP contribution in [0.5, 0.6) is 5.75 Å². The molecule has 0 aromatic heterocycles. The van der Waals surface area contributed by atoms with Crippen molar-refractivity contribution in [3.05, 3.63) is 63.1 Å². The number of halogens is 2. The molecule has 0 fully saturated rings. The lowest BCUT2D eigenvalue weighted by Gasteiger charge is -2.10. The molecule has 2 aromatic rings. The Morgan fingerprint density at radius 2 is 1.68 bits per heavy atom. The summed E-state index contributed by atoms with van der Waals surface area (Å²) in [6, 6.07) is 12.6. The molecule has 0 heterocycles. The summed E-state index contributed by atoms with van der Waals surface area (Å²) in [6.07, 6.45) is 0. The van der Waals surface area contributed by atoms with Crippen LogP contribution in [0.15, 0.2) is 40.9 Å². The van der Waals surface area contributed by atoms with Gasteiger partial charge in [0.05, 0.1) is 0 Å². The molecule has 0 unspecified atom stereocenters. The first kappa shape index (κ1) is 14.6. The highest BCUT2D eigenvalue weighted by atomic mass is 79.9. The van der Waals surface area contributed by atoms with Gasteiger partial charge in [-0.2, -0.15) is 0 Å². The van der Waals surface area contributed by atoms with E-state index in [1.54, 1.807) is 0 Å². The van der Waals surface area contributed by atoms with Crippen molar-refractivity contribution in [1.82, 2.24) is 0 Å². The molecule has 0 bridgehead atoms. The minimum Gasteiger partial charge on any atom is -0.489 e. The first-order valence-corrected chi connectivity index (χ1v) is 8.04. The fourth-order valence-corrected chi connectivity index (χ4v) is 3.29. The number of hydrogen-bond acceptors (Lipinski definition) is 1. The molecule has 2 aromatic carbocycles. The standard InChI is InChI=1S/C16H16Br2O/c1-11-5-12(2)7-13(6-11)10-19-15-3-4-16(18)14(8-15)9-17/h3-8H,9-10H2,1-2H3. The van der Waals surface area contributed by atoms with Crippen molar-refractivity contribution < 1.29 is 4.74 Å². The molecule has 0 amide bonds. The molecule has 0 radical (unpaired) electrons. The van der Waals surface area contributed by atoms with Crippen molar-refractivity contribution in [1.29, 1.82) is 0 Å². The third-order valence-electron chi connectivity index (χ3n) is 2.85. The summed E-state index contributed by atoms with van der Waals surface area (Å²) in [6.45, 7) is 4.82. The summed E-state index contributed by atoms with van der Waals surface area (Å²) < 4.78 is 6.96. The van der Waals surface area contributed by atoms with Gasteiger partial charge in [-0.05, 0) is 43.2 Å². The van der Waals surface area contributed by atoms with Crippen LogP contribution in [0, 0.1) is 13.8 Å². The van der Waals surface area contributed by atoms with E-state index in [0.717, 1.165) is 15.6 Å². The minimum atomic E-state index is 0.603. The Balaban J connectivity index is 2.10. The smallest absolute Gasteiger partial charge is 0.120 e. The quantitative estimate of drug-likeness (QED) is 0.629. The third kappa shape index (κ3) is 4.08. The first-order valence-electron chi connectivity index (χ1n) is 6.13. The second kappa shape index (κ2) is 6.58. The van der Waals surface area contributed by atoms with Gasteiger partial charge in [-0.1, -0.05) is 61.2 Å². The van der Waals surface area contributed by atoms with Crippen LogP contribution in [0.1, 0.15) is 22.3 Å². The van der Waals surface area contributed by atoms with Crippen molar-refractivity contribution >= 4 is 31.9 Å². The van der Waals surface area contributed by atoms with Gasteiger partial charge >= 0.3 is 0 Å². The van der Waals surface area contributed by atoms with Crippen LogP contribution in [-0.2, 0) is 11.9 Å². The normalized spacial score (nSPS) is 10.5. The predicted molar refractivity (Wildman–Crippen MR) is 87.0 cm³/mol. The predicted octanol–water partition coefficient (Wildman–Crippen LogP) is 5.54. The zero-order valence-corrected chi connectivity index (χ0v) is 14.2. The summed E-state index contributed by atoms with van der Waals surface area (Å²) in [4.78, 5) is 0. The van der Waals surface area contributed by atoms with Crippen LogP contribution in [-0.4, -0.2) is 0 Å². The molecule has 1 nitrogen and oxygen atoms in total. The van der Waals surface area contributed by atoms with Crippen molar-refractivity contribution in [2.24, 2.45) is 0 Å². The molecule has 2 rings (SSSR count). The third-order valence-corrected chi connectivity index (χ3v) is 4.23. The number of alkyl halides is 1. The maximum atomic E-state index is 5.86. The maximum absolute atomic E-state index is 5.86. The SMILES string of the molecule is Cc1cc(C)cc(COc2ccc(Br)c(CBr)c2)c1. The van der Waals surface area contributed by atoms with Gasteiger partial charge in [0.2, 0.25) is 0 Å². The topological polar surface area (TPSA) is 9.23 Å². The fourth-order valence-electron chi connectivity index (χ4n) is 2.06. The van der Waals surface area contributed by atoms with E-state index in [-0.39, 0.29) is 0 Å². The highest BCUT2D eigenvalue weighted by Gasteiger charge is 2.02. The molecule has 100 valence electrons. The summed E-state index contributed by atoms with van der Waals surface area (Å²) in [5.74, 6) is 0.900. The van der Waals surface area contributed by atoms with Gasteiger partial charge < -0.3 is 4.74 Å². The Kier molecular flexibility index (Phi) is 5.06. The fraction of sp³-hybridized carbons (Fsp3) is 0.250. The second-order valence-electron chi connectivity index (χ2n) is 4.67. The molecular weight excluding hydrogens is 368 g/mol. The van der Waals surface area contributed by atoms with E-state index in [4.69, 9.17) is 4.74 Å². The molecule has 0 aliphatic rings. The van der Waals surface area contributed by atoms with Gasteiger partial charge in [-0.25, -0.2) is 0 Å². The van der Waals surface area contributed by atoms with Crippen LogP contribution >= 0.6 is 31.9 Å². The van der Waals surface area contributed by atoms with Gasteiger partial charge in [0, 0.05) is 9.80 Å². The molecule has 0 N–H and O–H groups in total. The van der Waals surface area contributed by atoms with Crippen molar-refractivity contribution in [2.75, 3.05) is 0 Å². The summed E-state index contributed by atoms with van der Waals surface area (Å²) in [5, 5.41) is 0.814. The average molecular weight is 384 g/mol. The van der Waals surface area contributed by atoms with Crippen molar-refractivity contribution in [3.63, 3.8) is 0 Å². The van der Waals surface area contributed by atoms with E-state index in [1.165, 1.54) is 22.3 Å². The Labute approximate surface area is 131 Å². The zero-order valence-electron chi connectivity index (χ0n) is 11.0. The Morgan fingerprint density at radius 3 is 2.32 bits per heavy atom. The Hall–Kier alpha value is -0.800. The average Bonchev–Trinajstić information content (AvgIpc) is 2.36. The summed E-state index contributed by atoms with van der Waals surface area (Å²) >= 11 is 6.99. The second-order valence-corrected chi connectivity index (χ2v) is 6.09. The molecule has 0 saturated carbocycles. The van der Waals surface area contributed by atoms with Crippen molar-refractivity contribution in [2.45, 2.75) is 25.8 Å². The number of aryl methyl sites for hydroxylation is 2. The monoisotopic (exact) mass is 382 g/mol. The first-order chi connectivity index (χ1) is 9.08. The van der Waals surface area contributed by atoms with E-state index in [2.05, 4.69) is 70.0 Å². The van der Waals surface area contributed by atoms with Crippen LogP contribution in [0.25, 0.3) is 0 Å². The van der Waals surface area contributed by atoms with Crippen molar-refractivity contribution in [3.8, 4) is 5.75 Å². The Bertz CT molecular complexity index is 559. The molecule has 3 heteroatoms. The molecule has 19 heavy (non-hydrogen) atoms. The van der Waals surface area contributed by atoms with E-state index >= 15 is 0 Å². The van der Waals surface area contributed by atoms with Gasteiger partial charge in [0.25, 0.3) is 0 Å². The molecule has 0 aliphatic carbocycles. The molecule has 0 aliphatic heterocycles. The Morgan fingerprint density at radius 1 is 1.00 bits per heavy atom. The molecule has 0 saturated heterocycles. The number of ether oxygens (including phenoxy) is 1. The van der Waals surface area contributed by atoms with E-state index in [1.807, 2.05) is 12.1 Å². The zero-order chi connectivity index (χ0) is 13.8. The van der Waals surface area contributed by atoms with Crippen LogP contribution in [0.3, 0.4) is 0 Å². The van der Waals surface area contributed by atoms with E-state index in [9.17, 15) is 0 Å². The molecule has 0 atom stereocenters. The van der Waals surface area contributed by atoms with Crippen LogP contribution in [0.2, 0.25) is 0 Å². The largest absolute Gasteiger partial charge is 0.489 e. The lowest BCUT2D eigenvalue weighted by molar-refractivity contribution is 0.306. The van der Waals surface area contributed by atoms with Gasteiger partial charge in [0.15, 0.2) is 0 Å². The molecular formula is C16H16Br2O. The van der Waals surface area contributed by atoms with Gasteiger partial charge in [0.1, 0.15) is 12.4 Å². The van der Waals surface area contributed by atoms with E-state index < -0.39 is 0 Å². The maximum Gasteiger partial charge on any atom is 0.120 e. The number of rotatable bonds is 4. The number of benzene rings is 2. The van der Waals surface area contributed by atoms with Gasteiger partial charge in [-0.3, -0.25) is 0 Å². The lowest BCUT2D eigenvalue weighted by Crippen LogP contribution is -1.97. The number of hydrogen-bond donors (Lipinski definition) is 0.